The van der Waals surface area contributed by atoms with Gasteiger partial charge < -0.3 is 0 Å². The molecule has 0 unspecified atom stereocenters. The zero-order chi connectivity index (χ0) is 28.4. The molecule has 0 aliphatic heterocycles. The number of nitrogens with zero attached hydrogens (tertiary/aromatic N) is 3. The molecule has 0 radical (unpaired) electrons. The summed E-state index contributed by atoms with van der Waals surface area (Å²) in [5.41, 5.74) is 3.43. The molecule has 202 valence electrons. The molecule has 40 heavy (non-hydrogen) atoms. The number of hydrogen-bond donors (Lipinski definition) is 2. The SMILES string of the molecule is NS(=O)(=O)c1ccc(-n2c(SCC(=O)N/N=C/c3ccc(Cl)cc3Cl)nc3cc4ccccc4cc3c2=O)cc1. The van der Waals surface area contributed by atoms with Gasteiger partial charge in [-0.2, -0.15) is 5.10 Å². The van der Waals surface area contributed by atoms with Crippen molar-refractivity contribution in [2.45, 2.75) is 10.1 Å². The van der Waals surface area contributed by atoms with Crippen LogP contribution in [0.25, 0.3) is 27.4 Å². The highest BCUT2D eigenvalue weighted by molar-refractivity contribution is 7.99. The first-order valence-electron chi connectivity index (χ1n) is 11.6. The first-order valence-corrected chi connectivity index (χ1v) is 14.9. The molecule has 0 saturated heterocycles. The second kappa shape index (κ2) is 11.4. The number of sulfonamides is 1. The van der Waals surface area contributed by atoms with Gasteiger partial charge in [-0.15, -0.1) is 0 Å². The van der Waals surface area contributed by atoms with E-state index in [1.54, 1.807) is 24.3 Å². The van der Waals surface area contributed by atoms with E-state index in [9.17, 15) is 18.0 Å². The molecule has 5 rings (SSSR count). The van der Waals surface area contributed by atoms with Crippen LogP contribution in [0, 0.1) is 0 Å². The Morgan fingerprint density at radius 1 is 1.02 bits per heavy atom. The van der Waals surface area contributed by atoms with E-state index in [2.05, 4.69) is 15.5 Å². The summed E-state index contributed by atoms with van der Waals surface area (Å²) in [6.45, 7) is 0. The van der Waals surface area contributed by atoms with Gasteiger partial charge in [0.2, 0.25) is 10.0 Å². The van der Waals surface area contributed by atoms with Crippen molar-refractivity contribution in [3.63, 3.8) is 0 Å². The Balaban J connectivity index is 1.48. The molecule has 1 aromatic heterocycles. The van der Waals surface area contributed by atoms with Crippen LogP contribution >= 0.6 is 35.0 Å². The van der Waals surface area contributed by atoms with E-state index in [1.165, 1.54) is 35.0 Å². The smallest absolute Gasteiger partial charge is 0.266 e. The van der Waals surface area contributed by atoms with Gasteiger partial charge in [0.1, 0.15) is 0 Å². The molecular formula is C27H19Cl2N5O4S2. The summed E-state index contributed by atoms with van der Waals surface area (Å²) < 4.78 is 24.8. The number of fused-ring (bicyclic) bond motifs is 2. The van der Waals surface area contributed by atoms with Crippen molar-refractivity contribution >= 4 is 78.8 Å². The van der Waals surface area contributed by atoms with Crippen LogP contribution in [0.5, 0.6) is 0 Å². The normalized spacial score (nSPS) is 11.9. The van der Waals surface area contributed by atoms with Gasteiger partial charge in [0.25, 0.3) is 11.5 Å². The number of halogens is 2. The number of nitrogens with two attached hydrogens (primary N) is 1. The minimum absolute atomic E-state index is 0.101. The van der Waals surface area contributed by atoms with Gasteiger partial charge in [-0.05, 0) is 59.3 Å². The van der Waals surface area contributed by atoms with E-state index in [-0.39, 0.29) is 21.4 Å². The lowest BCUT2D eigenvalue weighted by Crippen LogP contribution is -2.24. The van der Waals surface area contributed by atoms with Crippen LogP contribution in [-0.4, -0.2) is 35.8 Å². The van der Waals surface area contributed by atoms with Crippen LogP contribution in [-0.2, 0) is 14.8 Å². The van der Waals surface area contributed by atoms with Crippen LogP contribution < -0.4 is 16.1 Å². The second-order valence-corrected chi connectivity index (χ2v) is 11.9. The van der Waals surface area contributed by atoms with E-state index in [0.29, 0.717) is 32.2 Å². The molecule has 1 amide bonds. The molecule has 0 aliphatic carbocycles. The van der Waals surface area contributed by atoms with Gasteiger partial charge >= 0.3 is 0 Å². The van der Waals surface area contributed by atoms with Crippen molar-refractivity contribution in [3.05, 3.63) is 105 Å². The van der Waals surface area contributed by atoms with Crippen molar-refractivity contribution in [1.82, 2.24) is 15.0 Å². The molecule has 0 fully saturated rings. The maximum atomic E-state index is 13.7. The van der Waals surface area contributed by atoms with Crippen LogP contribution in [0.1, 0.15) is 5.56 Å². The number of amides is 1. The average molecular weight is 613 g/mol. The molecule has 9 nitrogen and oxygen atoms in total. The Morgan fingerprint density at radius 3 is 2.40 bits per heavy atom. The lowest BCUT2D eigenvalue weighted by Gasteiger charge is -2.14. The van der Waals surface area contributed by atoms with Crippen molar-refractivity contribution in [3.8, 4) is 5.69 Å². The van der Waals surface area contributed by atoms with E-state index in [0.717, 1.165) is 22.5 Å². The van der Waals surface area contributed by atoms with E-state index in [4.69, 9.17) is 28.3 Å². The minimum atomic E-state index is -3.93. The first-order chi connectivity index (χ1) is 19.1. The number of hydrazone groups is 1. The molecule has 5 aromatic rings. The molecule has 1 heterocycles. The summed E-state index contributed by atoms with van der Waals surface area (Å²) >= 11 is 13.0. The van der Waals surface area contributed by atoms with Crippen molar-refractivity contribution in [1.29, 1.82) is 0 Å². The van der Waals surface area contributed by atoms with Crippen molar-refractivity contribution in [2.75, 3.05) is 5.75 Å². The van der Waals surface area contributed by atoms with Crippen LogP contribution in [0.4, 0.5) is 0 Å². The third-order valence-electron chi connectivity index (χ3n) is 5.82. The van der Waals surface area contributed by atoms with Gasteiger partial charge in [0, 0.05) is 10.6 Å². The Morgan fingerprint density at radius 2 is 1.73 bits per heavy atom. The fourth-order valence-electron chi connectivity index (χ4n) is 3.90. The van der Waals surface area contributed by atoms with Crippen LogP contribution in [0.3, 0.4) is 0 Å². The number of thioether (sulfide) groups is 1. The van der Waals surface area contributed by atoms with E-state index < -0.39 is 15.9 Å². The standard InChI is InChI=1S/C27H19Cl2N5O4S2/c28-19-6-5-18(23(29)13-19)14-31-33-25(35)15-39-27-32-24-12-17-4-2-1-3-16(17)11-22(24)26(36)34(27)20-7-9-21(10-8-20)40(30,37)38/h1-14H,15H2,(H,33,35)(H2,30,37,38)/b31-14+. The Kier molecular flexibility index (Phi) is 7.92. The van der Waals surface area contributed by atoms with Gasteiger partial charge in [0.15, 0.2) is 5.16 Å². The lowest BCUT2D eigenvalue weighted by atomic mass is 10.1. The monoisotopic (exact) mass is 611 g/mol. The Bertz CT molecular complexity index is 1980. The zero-order valence-corrected chi connectivity index (χ0v) is 23.6. The Hall–Kier alpha value is -3.74. The third-order valence-corrected chi connectivity index (χ3v) is 8.25. The molecule has 0 saturated carbocycles. The van der Waals surface area contributed by atoms with Crippen molar-refractivity contribution < 1.29 is 13.2 Å². The second-order valence-electron chi connectivity index (χ2n) is 8.54. The summed E-state index contributed by atoms with van der Waals surface area (Å²) in [6.07, 6.45) is 1.39. The van der Waals surface area contributed by atoms with Gasteiger partial charge in [-0.25, -0.2) is 24.0 Å². The number of aromatic nitrogens is 2. The molecule has 4 aromatic carbocycles. The summed E-state index contributed by atoms with van der Waals surface area (Å²) in [7, 11) is -3.93. The predicted molar refractivity (Wildman–Crippen MR) is 159 cm³/mol. The number of carbonyl (C=O) groups is 1. The molecule has 0 bridgehead atoms. The molecular weight excluding hydrogens is 593 g/mol. The number of rotatable bonds is 7. The molecule has 13 heteroatoms. The maximum Gasteiger partial charge on any atom is 0.266 e. The van der Waals surface area contributed by atoms with Crippen LogP contribution in [0.2, 0.25) is 10.0 Å². The average Bonchev–Trinajstić information content (AvgIpc) is 2.92. The van der Waals surface area contributed by atoms with Gasteiger partial charge in [-0.1, -0.05) is 65.3 Å². The number of benzene rings is 4. The third kappa shape index (κ3) is 6.03. The highest BCUT2D eigenvalue weighted by Gasteiger charge is 2.17. The largest absolute Gasteiger partial charge is 0.272 e. The minimum Gasteiger partial charge on any atom is -0.272 e. The number of nitrogens with one attached hydrogen (secondary N) is 1. The van der Waals surface area contributed by atoms with Crippen LogP contribution in [0.15, 0.2) is 98.8 Å². The first kappa shape index (κ1) is 27.8. The highest BCUT2D eigenvalue weighted by atomic mass is 35.5. The molecule has 0 atom stereocenters. The number of carbonyl (C=O) groups excluding carboxylic acids is 1. The van der Waals surface area contributed by atoms with Gasteiger partial charge in [-0.3, -0.25) is 14.2 Å². The number of primary sulfonamides is 1. The van der Waals surface area contributed by atoms with Crippen molar-refractivity contribution in [2.24, 2.45) is 10.2 Å². The fourth-order valence-corrected chi connectivity index (χ4v) is 5.68. The predicted octanol–water partition coefficient (Wildman–Crippen LogP) is 4.74. The zero-order valence-electron chi connectivity index (χ0n) is 20.4. The summed E-state index contributed by atoms with van der Waals surface area (Å²) in [6, 6.07) is 21.5. The fraction of sp³-hybridized carbons (Fsp3) is 0.0370. The maximum absolute atomic E-state index is 13.7. The summed E-state index contributed by atoms with van der Waals surface area (Å²) in [5.74, 6) is -0.567. The molecule has 3 N–H and O–H groups in total. The number of hydrogen-bond acceptors (Lipinski definition) is 7. The summed E-state index contributed by atoms with van der Waals surface area (Å²) in [5, 5.41) is 12.4. The lowest BCUT2D eigenvalue weighted by molar-refractivity contribution is -0.118. The van der Waals surface area contributed by atoms with E-state index >= 15 is 0 Å². The highest BCUT2D eigenvalue weighted by Crippen LogP contribution is 2.25. The summed E-state index contributed by atoms with van der Waals surface area (Å²) in [4.78, 5) is 30.9. The topological polar surface area (TPSA) is 137 Å². The van der Waals surface area contributed by atoms with Gasteiger partial charge in [0.05, 0.1) is 38.5 Å². The Labute approximate surface area is 242 Å². The van der Waals surface area contributed by atoms with E-state index in [1.807, 2.05) is 30.3 Å². The molecule has 0 spiro atoms. The molecule has 0 aliphatic rings. The quantitative estimate of drug-likeness (QED) is 0.0897.